The Morgan fingerprint density at radius 3 is 2.73 bits per heavy atom. The minimum Gasteiger partial charge on any atom is -0.492 e. The fourth-order valence-corrected chi connectivity index (χ4v) is 0.685. The van der Waals surface area contributed by atoms with Crippen molar-refractivity contribution in [3.63, 3.8) is 0 Å². The van der Waals surface area contributed by atoms with Gasteiger partial charge in [0.2, 0.25) is 5.88 Å². The molecule has 5 nitrogen and oxygen atoms in total. The third-order valence-electron chi connectivity index (χ3n) is 1.30. The van der Waals surface area contributed by atoms with E-state index in [0.29, 0.717) is 5.69 Å². The van der Waals surface area contributed by atoms with E-state index in [-0.39, 0.29) is 11.7 Å². The first-order valence-corrected chi connectivity index (χ1v) is 3.11. The number of aromatic nitrogens is 2. The Bertz CT molecular complexity index is 265. The molecule has 5 heteroatoms. The summed E-state index contributed by atoms with van der Waals surface area (Å²) in [6, 6.07) is 0. The molecule has 1 rings (SSSR count). The van der Waals surface area contributed by atoms with Crippen molar-refractivity contribution in [3.05, 3.63) is 12.0 Å². The molecule has 0 atom stereocenters. The second kappa shape index (κ2) is 2.61. The number of nitrogens with one attached hydrogen (secondary N) is 2. The quantitative estimate of drug-likeness (QED) is 0.393. The largest absolute Gasteiger partial charge is 0.492 e. The van der Waals surface area contributed by atoms with Crippen LogP contribution < -0.4 is 0 Å². The number of amidine groups is 1. The maximum absolute atomic E-state index is 9.06. The second-order valence-corrected chi connectivity index (χ2v) is 2.34. The van der Waals surface area contributed by atoms with E-state index in [9.17, 15) is 0 Å². The predicted molar refractivity (Wildman–Crippen MR) is 40.8 cm³/mol. The molecule has 0 radical (unpaired) electrons. The summed E-state index contributed by atoms with van der Waals surface area (Å²) < 4.78 is 0. The Kier molecular flexibility index (Phi) is 1.80. The minimum absolute atomic E-state index is 0.135. The minimum atomic E-state index is -0.135. The van der Waals surface area contributed by atoms with Gasteiger partial charge in [-0.1, -0.05) is 0 Å². The van der Waals surface area contributed by atoms with Crippen LogP contribution in [-0.4, -0.2) is 39.9 Å². The number of rotatable bonds is 1. The zero-order chi connectivity index (χ0) is 8.43. The predicted octanol–water partition coefficient (Wildman–Crippen LogP) is 0.00227. The zero-order valence-electron chi connectivity index (χ0n) is 6.42. The molecule has 1 aromatic rings. The molecule has 3 N–H and O–H groups in total. The van der Waals surface area contributed by atoms with Crippen LogP contribution in [0.5, 0.6) is 5.88 Å². The molecule has 0 aliphatic rings. The first-order valence-electron chi connectivity index (χ1n) is 3.11. The van der Waals surface area contributed by atoms with E-state index >= 15 is 0 Å². The van der Waals surface area contributed by atoms with Gasteiger partial charge in [-0.2, -0.15) is 0 Å². The molecule has 0 bridgehead atoms. The van der Waals surface area contributed by atoms with Crippen molar-refractivity contribution in [2.75, 3.05) is 14.1 Å². The molecule has 0 spiro atoms. The first-order chi connectivity index (χ1) is 5.13. The van der Waals surface area contributed by atoms with E-state index in [1.165, 1.54) is 6.33 Å². The monoisotopic (exact) mass is 154 g/mol. The lowest BCUT2D eigenvalue weighted by molar-refractivity contribution is 0.453. The number of hydrogen-bond acceptors (Lipinski definition) is 3. The van der Waals surface area contributed by atoms with Gasteiger partial charge in [0, 0.05) is 14.1 Å². The Morgan fingerprint density at radius 1 is 1.73 bits per heavy atom. The van der Waals surface area contributed by atoms with Gasteiger partial charge in [0.15, 0.2) is 0 Å². The molecule has 0 amide bonds. The lowest BCUT2D eigenvalue weighted by atomic mass is 10.4. The van der Waals surface area contributed by atoms with Gasteiger partial charge in [-0.3, -0.25) is 5.41 Å². The van der Waals surface area contributed by atoms with Crippen molar-refractivity contribution in [2.45, 2.75) is 0 Å². The number of H-pyrrole nitrogens is 1. The summed E-state index contributed by atoms with van der Waals surface area (Å²) in [5.74, 6) is 0.0729. The topological polar surface area (TPSA) is 76.0 Å². The van der Waals surface area contributed by atoms with E-state index in [2.05, 4.69) is 9.97 Å². The SMILES string of the molecule is CN(C)C(=N)c1[nH]cnc1O. The Balaban J connectivity index is 2.93. The van der Waals surface area contributed by atoms with Gasteiger partial charge in [0.1, 0.15) is 11.5 Å². The van der Waals surface area contributed by atoms with Crippen LogP contribution in [0.25, 0.3) is 0 Å². The van der Waals surface area contributed by atoms with Crippen LogP contribution in [0.15, 0.2) is 6.33 Å². The summed E-state index contributed by atoms with van der Waals surface area (Å²) in [6.45, 7) is 0. The maximum atomic E-state index is 9.06. The van der Waals surface area contributed by atoms with Crippen LogP contribution in [0.3, 0.4) is 0 Å². The summed E-state index contributed by atoms with van der Waals surface area (Å²) >= 11 is 0. The van der Waals surface area contributed by atoms with Gasteiger partial charge < -0.3 is 15.0 Å². The lowest BCUT2D eigenvalue weighted by Crippen LogP contribution is -2.22. The highest BCUT2D eigenvalue weighted by molar-refractivity contribution is 5.96. The van der Waals surface area contributed by atoms with Crippen molar-refractivity contribution in [1.82, 2.24) is 14.9 Å². The van der Waals surface area contributed by atoms with E-state index in [1.54, 1.807) is 19.0 Å². The van der Waals surface area contributed by atoms with Crippen LogP contribution in [0.4, 0.5) is 0 Å². The molecule has 11 heavy (non-hydrogen) atoms. The molecule has 1 heterocycles. The Hall–Kier alpha value is -1.52. The summed E-state index contributed by atoms with van der Waals surface area (Å²) in [6.07, 6.45) is 1.35. The molecular weight excluding hydrogens is 144 g/mol. The first kappa shape index (κ1) is 7.59. The zero-order valence-corrected chi connectivity index (χ0v) is 6.42. The number of aromatic amines is 1. The van der Waals surface area contributed by atoms with Gasteiger partial charge in [-0.25, -0.2) is 4.98 Å². The molecule has 0 fully saturated rings. The summed E-state index contributed by atoms with van der Waals surface area (Å²) in [5, 5.41) is 16.5. The molecule has 0 aliphatic heterocycles. The van der Waals surface area contributed by atoms with E-state index < -0.39 is 0 Å². The van der Waals surface area contributed by atoms with Crippen molar-refractivity contribution in [2.24, 2.45) is 0 Å². The number of aromatic hydroxyl groups is 1. The van der Waals surface area contributed by atoms with Gasteiger partial charge in [-0.15, -0.1) is 0 Å². The standard InChI is InChI=1S/C6H10N4O/c1-10(2)5(7)4-6(11)9-3-8-4/h3,7,11H,1-2H3,(H,8,9). The fraction of sp³-hybridized carbons (Fsp3) is 0.333. The summed E-state index contributed by atoms with van der Waals surface area (Å²) in [7, 11) is 3.45. The average Bonchev–Trinajstić information content (AvgIpc) is 2.33. The van der Waals surface area contributed by atoms with Gasteiger partial charge in [-0.05, 0) is 0 Å². The molecule has 60 valence electrons. The molecule has 0 aromatic carbocycles. The summed E-state index contributed by atoms with van der Waals surface area (Å²) in [4.78, 5) is 7.79. The third kappa shape index (κ3) is 1.31. The molecular formula is C6H10N4O. The van der Waals surface area contributed by atoms with Crippen LogP contribution >= 0.6 is 0 Å². The van der Waals surface area contributed by atoms with Gasteiger partial charge in [0.05, 0.1) is 6.33 Å². The van der Waals surface area contributed by atoms with Crippen molar-refractivity contribution < 1.29 is 5.11 Å². The van der Waals surface area contributed by atoms with Gasteiger partial charge >= 0.3 is 0 Å². The van der Waals surface area contributed by atoms with Crippen molar-refractivity contribution >= 4 is 5.84 Å². The fourth-order valence-electron chi connectivity index (χ4n) is 0.685. The molecule has 0 unspecified atom stereocenters. The number of hydrogen-bond donors (Lipinski definition) is 3. The molecule has 1 aromatic heterocycles. The Labute approximate surface area is 64.2 Å². The van der Waals surface area contributed by atoms with E-state index in [4.69, 9.17) is 10.5 Å². The average molecular weight is 154 g/mol. The highest BCUT2D eigenvalue weighted by Crippen LogP contribution is 2.10. The maximum Gasteiger partial charge on any atom is 0.240 e. The smallest absolute Gasteiger partial charge is 0.240 e. The van der Waals surface area contributed by atoms with Gasteiger partial charge in [0.25, 0.3) is 0 Å². The van der Waals surface area contributed by atoms with Crippen LogP contribution in [0, 0.1) is 5.41 Å². The van der Waals surface area contributed by atoms with E-state index in [0.717, 1.165) is 0 Å². The highest BCUT2D eigenvalue weighted by Gasteiger charge is 2.10. The number of nitrogens with zero attached hydrogens (tertiary/aromatic N) is 2. The van der Waals surface area contributed by atoms with Crippen LogP contribution in [0.1, 0.15) is 5.69 Å². The molecule has 0 saturated heterocycles. The van der Waals surface area contributed by atoms with Crippen LogP contribution in [-0.2, 0) is 0 Å². The third-order valence-corrected chi connectivity index (χ3v) is 1.30. The summed E-state index contributed by atoms with van der Waals surface area (Å²) in [5.41, 5.74) is 0.343. The molecule has 0 aliphatic carbocycles. The highest BCUT2D eigenvalue weighted by atomic mass is 16.3. The number of imidazole rings is 1. The Morgan fingerprint density at radius 2 is 2.36 bits per heavy atom. The normalized spacial score (nSPS) is 9.64. The lowest BCUT2D eigenvalue weighted by Gasteiger charge is -2.11. The second-order valence-electron chi connectivity index (χ2n) is 2.34. The molecule has 0 saturated carbocycles. The van der Waals surface area contributed by atoms with E-state index in [1.807, 2.05) is 0 Å². The van der Waals surface area contributed by atoms with Crippen molar-refractivity contribution in [3.8, 4) is 5.88 Å². The van der Waals surface area contributed by atoms with Crippen molar-refractivity contribution in [1.29, 1.82) is 5.41 Å². The van der Waals surface area contributed by atoms with Crippen LogP contribution in [0.2, 0.25) is 0 Å².